The minimum absolute atomic E-state index is 0.281. The second kappa shape index (κ2) is 5.57. The van der Waals surface area contributed by atoms with Crippen molar-refractivity contribution in [1.82, 2.24) is 9.78 Å². The molecule has 0 aliphatic heterocycles. The Morgan fingerprint density at radius 2 is 1.96 bits per heavy atom. The van der Waals surface area contributed by atoms with E-state index in [2.05, 4.69) is 10.7 Å². The van der Waals surface area contributed by atoms with Gasteiger partial charge in [-0.15, -0.1) is 0 Å². The minimum Gasteiger partial charge on any atom is -0.508 e. The lowest BCUT2D eigenvalue weighted by atomic mass is 10.0. The molecule has 1 fully saturated rings. The molecular weight excluding hydrogens is 308 g/mol. The van der Waals surface area contributed by atoms with Gasteiger partial charge in [0.15, 0.2) is 0 Å². The smallest absolute Gasteiger partial charge is 0.115 e. The van der Waals surface area contributed by atoms with E-state index >= 15 is 0 Å². The summed E-state index contributed by atoms with van der Waals surface area (Å²) >= 11 is 6.51. The lowest BCUT2D eigenvalue weighted by molar-refractivity contribution is 0.475. The van der Waals surface area contributed by atoms with Crippen LogP contribution in [0, 0.1) is 6.92 Å². The molecule has 0 bridgehead atoms. The number of hydrogen-bond acceptors (Lipinski definition) is 2. The molecule has 1 aromatic heterocycles. The molecule has 1 N–H and O–H groups in total. The number of benzene rings is 2. The monoisotopic (exact) mass is 326 g/mol. The molecule has 1 aliphatic rings. The predicted octanol–water partition coefficient (Wildman–Crippen LogP) is 5.49. The third-order valence-electron chi connectivity index (χ3n) is 4.81. The number of fused-ring (bicyclic) bond motifs is 1. The molecule has 3 aromatic rings. The van der Waals surface area contributed by atoms with Gasteiger partial charge in [0.2, 0.25) is 0 Å². The van der Waals surface area contributed by atoms with E-state index in [0.717, 1.165) is 45.6 Å². The first-order valence-corrected chi connectivity index (χ1v) is 8.49. The summed E-state index contributed by atoms with van der Waals surface area (Å²) in [5, 5.41) is 16.5. The zero-order valence-electron chi connectivity index (χ0n) is 13.1. The van der Waals surface area contributed by atoms with Crippen molar-refractivity contribution in [3.8, 4) is 17.0 Å². The second-order valence-electron chi connectivity index (χ2n) is 6.37. The second-order valence-corrected chi connectivity index (χ2v) is 6.77. The first kappa shape index (κ1) is 14.6. The summed E-state index contributed by atoms with van der Waals surface area (Å²) in [4.78, 5) is 0. The highest BCUT2D eigenvalue weighted by molar-refractivity contribution is 6.35. The van der Waals surface area contributed by atoms with E-state index in [1.807, 2.05) is 25.1 Å². The Balaban J connectivity index is 1.98. The lowest BCUT2D eigenvalue weighted by Gasteiger charge is -2.11. The van der Waals surface area contributed by atoms with E-state index in [1.54, 1.807) is 12.1 Å². The van der Waals surface area contributed by atoms with Gasteiger partial charge in [0, 0.05) is 10.9 Å². The number of phenolic OH excluding ortho intramolecular Hbond substituents is 1. The van der Waals surface area contributed by atoms with Crippen molar-refractivity contribution in [3.05, 3.63) is 47.0 Å². The van der Waals surface area contributed by atoms with E-state index in [9.17, 15) is 5.11 Å². The maximum atomic E-state index is 9.67. The SMILES string of the molecule is Cc1cc(O)ccc1-c1nn(C2CCCC2)c2c(Cl)cccc12. The van der Waals surface area contributed by atoms with Crippen LogP contribution in [-0.2, 0) is 0 Å². The van der Waals surface area contributed by atoms with Crippen molar-refractivity contribution >= 4 is 22.5 Å². The number of rotatable bonds is 2. The minimum atomic E-state index is 0.281. The van der Waals surface area contributed by atoms with Crippen LogP contribution in [0.1, 0.15) is 37.3 Å². The van der Waals surface area contributed by atoms with Crippen LogP contribution in [0.5, 0.6) is 5.75 Å². The molecule has 1 aliphatic carbocycles. The summed E-state index contributed by atoms with van der Waals surface area (Å²) < 4.78 is 2.13. The van der Waals surface area contributed by atoms with E-state index in [4.69, 9.17) is 16.7 Å². The van der Waals surface area contributed by atoms with Crippen LogP contribution in [0.15, 0.2) is 36.4 Å². The molecule has 118 valence electrons. The standard InChI is InChI=1S/C19H19ClN2O/c1-12-11-14(23)9-10-15(12)18-16-7-4-8-17(20)19(16)22(21-18)13-5-2-3-6-13/h4,7-11,13,23H,2-3,5-6H2,1H3. The summed E-state index contributed by atoms with van der Waals surface area (Å²) in [6, 6.07) is 11.9. The van der Waals surface area contributed by atoms with E-state index in [-0.39, 0.29) is 5.75 Å². The first-order chi connectivity index (χ1) is 11.1. The molecule has 0 spiro atoms. The Kier molecular flexibility index (Phi) is 3.53. The number of hydrogen-bond donors (Lipinski definition) is 1. The van der Waals surface area contributed by atoms with Gasteiger partial charge in [0.25, 0.3) is 0 Å². The molecule has 0 amide bonds. The average Bonchev–Trinajstić information content (AvgIpc) is 3.15. The maximum absolute atomic E-state index is 9.67. The number of phenols is 1. The van der Waals surface area contributed by atoms with Crippen LogP contribution in [0.3, 0.4) is 0 Å². The van der Waals surface area contributed by atoms with Crippen molar-refractivity contribution in [2.24, 2.45) is 0 Å². The van der Waals surface area contributed by atoms with Gasteiger partial charge in [-0.1, -0.05) is 36.6 Å². The third kappa shape index (κ3) is 2.40. The molecule has 1 heterocycles. The van der Waals surface area contributed by atoms with Gasteiger partial charge in [-0.3, -0.25) is 4.68 Å². The van der Waals surface area contributed by atoms with Crippen molar-refractivity contribution in [2.45, 2.75) is 38.6 Å². The first-order valence-electron chi connectivity index (χ1n) is 8.12. The number of aryl methyl sites for hydroxylation is 1. The zero-order chi connectivity index (χ0) is 16.0. The van der Waals surface area contributed by atoms with Crippen LogP contribution < -0.4 is 0 Å². The van der Waals surface area contributed by atoms with Gasteiger partial charge in [-0.2, -0.15) is 5.10 Å². The number of aromatic nitrogens is 2. The Bertz CT molecular complexity index is 878. The van der Waals surface area contributed by atoms with Gasteiger partial charge in [0.05, 0.1) is 16.6 Å². The Hall–Kier alpha value is -2.00. The number of aromatic hydroxyl groups is 1. The molecule has 2 aromatic carbocycles. The highest BCUT2D eigenvalue weighted by Gasteiger charge is 2.23. The fraction of sp³-hybridized carbons (Fsp3) is 0.316. The van der Waals surface area contributed by atoms with Crippen LogP contribution in [0.2, 0.25) is 5.02 Å². The van der Waals surface area contributed by atoms with Gasteiger partial charge in [0.1, 0.15) is 11.4 Å². The Labute approximate surface area is 140 Å². The van der Waals surface area contributed by atoms with Gasteiger partial charge in [-0.25, -0.2) is 0 Å². The fourth-order valence-electron chi connectivity index (χ4n) is 3.68. The number of nitrogens with zero attached hydrogens (tertiary/aromatic N) is 2. The van der Waals surface area contributed by atoms with Gasteiger partial charge in [-0.05, 0) is 49.6 Å². The summed E-state index contributed by atoms with van der Waals surface area (Å²) in [6.45, 7) is 2.00. The van der Waals surface area contributed by atoms with E-state index in [1.165, 1.54) is 12.8 Å². The highest BCUT2D eigenvalue weighted by Crippen LogP contribution is 2.39. The summed E-state index contributed by atoms with van der Waals surface area (Å²) in [6.07, 6.45) is 4.83. The maximum Gasteiger partial charge on any atom is 0.115 e. The molecular formula is C19H19ClN2O. The number of para-hydroxylation sites is 1. The van der Waals surface area contributed by atoms with Crippen molar-refractivity contribution < 1.29 is 5.11 Å². The molecule has 4 heteroatoms. The summed E-state index contributed by atoms with van der Waals surface area (Å²) in [5.41, 5.74) is 4.05. The molecule has 3 nitrogen and oxygen atoms in total. The average molecular weight is 327 g/mol. The fourth-order valence-corrected chi connectivity index (χ4v) is 3.94. The highest BCUT2D eigenvalue weighted by atomic mass is 35.5. The summed E-state index contributed by atoms with van der Waals surface area (Å²) in [7, 11) is 0. The van der Waals surface area contributed by atoms with E-state index in [0.29, 0.717) is 6.04 Å². The Morgan fingerprint density at radius 1 is 1.17 bits per heavy atom. The zero-order valence-corrected chi connectivity index (χ0v) is 13.8. The molecule has 23 heavy (non-hydrogen) atoms. The molecule has 0 radical (unpaired) electrons. The molecule has 0 unspecified atom stereocenters. The van der Waals surface area contributed by atoms with Crippen LogP contribution in [0.4, 0.5) is 0 Å². The van der Waals surface area contributed by atoms with Crippen molar-refractivity contribution in [2.75, 3.05) is 0 Å². The molecule has 1 saturated carbocycles. The van der Waals surface area contributed by atoms with Gasteiger partial charge < -0.3 is 5.11 Å². The van der Waals surface area contributed by atoms with Crippen LogP contribution in [0.25, 0.3) is 22.2 Å². The predicted molar refractivity (Wildman–Crippen MR) is 94.1 cm³/mol. The topological polar surface area (TPSA) is 38.1 Å². The van der Waals surface area contributed by atoms with E-state index < -0.39 is 0 Å². The molecule has 4 rings (SSSR count). The summed E-state index contributed by atoms with van der Waals surface area (Å²) in [5.74, 6) is 0.281. The van der Waals surface area contributed by atoms with Crippen LogP contribution >= 0.6 is 11.6 Å². The quantitative estimate of drug-likeness (QED) is 0.676. The largest absolute Gasteiger partial charge is 0.508 e. The Morgan fingerprint density at radius 3 is 2.70 bits per heavy atom. The van der Waals surface area contributed by atoms with Gasteiger partial charge >= 0.3 is 0 Å². The van der Waals surface area contributed by atoms with Crippen molar-refractivity contribution in [3.63, 3.8) is 0 Å². The molecule has 0 atom stereocenters. The lowest BCUT2D eigenvalue weighted by Crippen LogP contribution is -2.06. The van der Waals surface area contributed by atoms with Crippen LogP contribution in [-0.4, -0.2) is 14.9 Å². The third-order valence-corrected chi connectivity index (χ3v) is 5.12. The normalized spacial score (nSPS) is 15.6. The molecule has 0 saturated heterocycles. The number of halogens is 1. The van der Waals surface area contributed by atoms with Crippen molar-refractivity contribution in [1.29, 1.82) is 0 Å².